The zero-order chi connectivity index (χ0) is 21.3. The van der Waals surface area contributed by atoms with Gasteiger partial charge in [0.2, 0.25) is 0 Å². The molecule has 9 heteroatoms. The molecule has 0 bridgehead atoms. The Balaban J connectivity index is 1.40. The lowest BCUT2D eigenvalue weighted by Crippen LogP contribution is -2.48. The van der Waals surface area contributed by atoms with Gasteiger partial charge in [-0.2, -0.15) is 0 Å². The number of amides is 2. The summed E-state index contributed by atoms with van der Waals surface area (Å²) < 4.78 is 13.3. The maximum atomic E-state index is 13.3. The first-order chi connectivity index (χ1) is 14.4. The molecular formula is C21H21FN4O2S2. The van der Waals surface area contributed by atoms with E-state index in [1.54, 1.807) is 23.5 Å². The number of anilines is 2. The van der Waals surface area contributed by atoms with Crippen molar-refractivity contribution in [3.63, 3.8) is 0 Å². The number of carbonyl (C=O) groups is 2. The van der Waals surface area contributed by atoms with Crippen molar-refractivity contribution in [2.75, 3.05) is 36.4 Å². The zero-order valence-electron chi connectivity index (χ0n) is 16.6. The summed E-state index contributed by atoms with van der Waals surface area (Å²) in [7, 11) is 0. The molecule has 0 atom stereocenters. The van der Waals surface area contributed by atoms with Gasteiger partial charge in [0.25, 0.3) is 11.8 Å². The van der Waals surface area contributed by atoms with Crippen molar-refractivity contribution in [3.8, 4) is 0 Å². The number of carbonyl (C=O) groups excluding carboxylic acids is 2. The van der Waals surface area contributed by atoms with E-state index in [4.69, 9.17) is 0 Å². The van der Waals surface area contributed by atoms with Gasteiger partial charge in [-0.25, -0.2) is 9.37 Å². The molecule has 1 N–H and O–H groups in total. The van der Waals surface area contributed by atoms with E-state index in [0.29, 0.717) is 23.0 Å². The molecule has 0 radical (unpaired) electrons. The van der Waals surface area contributed by atoms with Crippen LogP contribution in [0.4, 0.5) is 14.5 Å². The van der Waals surface area contributed by atoms with Gasteiger partial charge in [0.05, 0.1) is 15.6 Å². The summed E-state index contributed by atoms with van der Waals surface area (Å²) >= 11 is 2.87. The third kappa shape index (κ3) is 4.36. The van der Waals surface area contributed by atoms with Crippen LogP contribution < -0.4 is 10.2 Å². The molecule has 30 heavy (non-hydrogen) atoms. The minimum atomic E-state index is -0.465. The average molecular weight is 445 g/mol. The Hall–Kier alpha value is -2.78. The molecule has 1 fully saturated rings. The average Bonchev–Trinajstić information content (AvgIpc) is 3.33. The number of hydrogen-bond donors (Lipinski definition) is 1. The molecule has 1 aromatic carbocycles. The number of aromatic nitrogens is 1. The SMILES string of the molecule is Cc1csc(N2CCN(C(=O)c3sc(NC(=O)c4cccc(F)c4)cc3C)CC2)n1. The van der Waals surface area contributed by atoms with Gasteiger partial charge in [-0.3, -0.25) is 9.59 Å². The number of thiazole rings is 1. The van der Waals surface area contributed by atoms with E-state index in [1.807, 2.05) is 24.1 Å². The van der Waals surface area contributed by atoms with Crippen molar-refractivity contribution in [2.24, 2.45) is 0 Å². The molecule has 3 heterocycles. The van der Waals surface area contributed by atoms with E-state index in [1.165, 1.54) is 29.5 Å². The number of thiophene rings is 1. The first-order valence-corrected chi connectivity index (χ1v) is 11.2. The van der Waals surface area contributed by atoms with Crippen LogP contribution in [0.3, 0.4) is 0 Å². The number of piperazine rings is 1. The lowest BCUT2D eigenvalue weighted by Gasteiger charge is -2.34. The molecule has 0 aliphatic carbocycles. The van der Waals surface area contributed by atoms with Crippen LogP contribution >= 0.6 is 22.7 Å². The summed E-state index contributed by atoms with van der Waals surface area (Å²) in [4.78, 5) is 34.6. The largest absolute Gasteiger partial charge is 0.345 e. The third-order valence-corrected chi connectivity index (χ3v) is 7.04. The van der Waals surface area contributed by atoms with E-state index in [0.717, 1.165) is 29.5 Å². The molecule has 0 spiro atoms. The van der Waals surface area contributed by atoms with Gasteiger partial charge in [0, 0.05) is 37.1 Å². The predicted molar refractivity (Wildman–Crippen MR) is 118 cm³/mol. The van der Waals surface area contributed by atoms with E-state index in [9.17, 15) is 14.0 Å². The van der Waals surface area contributed by atoms with Gasteiger partial charge in [0.15, 0.2) is 5.13 Å². The van der Waals surface area contributed by atoms with Crippen molar-refractivity contribution < 1.29 is 14.0 Å². The van der Waals surface area contributed by atoms with Crippen LogP contribution in [-0.4, -0.2) is 47.9 Å². The van der Waals surface area contributed by atoms with Crippen molar-refractivity contribution in [1.29, 1.82) is 0 Å². The molecule has 1 aliphatic rings. The highest BCUT2D eigenvalue weighted by Crippen LogP contribution is 2.29. The van der Waals surface area contributed by atoms with E-state index in [-0.39, 0.29) is 11.5 Å². The number of benzene rings is 1. The maximum absolute atomic E-state index is 13.3. The van der Waals surface area contributed by atoms with E-state index >= 15 is 0 Å². The van der Waals surface area contributed by atoms with Gasteiger partial charge in [-0.1, -0.05) is 6.07 Å². The summed E-state index contributed by atoms with van der Waals surface area (Å²) in [5.74, 6) is -0.895. The summed E-state index contributed by atoms with van der Waals surface area (Å²) in [5.41, 5.74) is 2.07. The lowest BCUT2D eigenvalue weighted by atomic mass is 10.2. The minimum absolute atomic E-state index is 0.0290. The summed E-state index contributed by atoms with van der Waals surface area (Å²) in [5, 5.41) is 6.36. The molecule has 156 valence electrons. The molecule has 3 aromatic rings. The van der Waals surface area contributed by atoms with Crippen LogP contribution in [0, 0.1) is 19.7 Å². The smallest absolute Gasteiger partial charge is 0.264 e. The molecular weight excluding hydrogens is 423 g/mol. The normalized spacial score (nSPS) is 14.1. The van der Waals surface area contributed by atoms with Crippen molar-refractivity contribution in [1.82, 2.24) is 9.88 Å². The highest BCUT2D eigenvalue weighted by molar-refractivity contribution is 7.18. The number of hydrogen-bond acceptors (Lipinski definition) is 6. The van der Waals surface area contributed by atoms with Crippen molar-refractivity contribution in [3.05, 3.63) is 63.2 Å². The molecule has 6 nitrogen and oxygen atoms in total. The minimum Gasteiger partial charge on any atom is -0.345 e. The van der Waals surface area contributed by atoms with Gasteiger partial charge in [0.1, 0.15) is 5.82 Å². The molecule has 0 unspecified atom stereocenters. The van der Waals surface area contributed by atoms with Gasteiger partial charge in [-0.15, -0.1) is 22.7 Å². The molecule has 4 rings (SSSR count). The standard InChI is InChI=1S/C21H21FN4O2S2/c1-13-10-17(24-19(27)15-4-3-5-16(22)11-15)30-18(13)20(28)25-6-8-26(9-7-25)21-23-14(2)12-29-21/h3-5,10-12H,6-9H2,1-2H3,(H,24,27). The lowest BCUT2D eigenvalue weighted by molar-refractivity contribution is 0.0750. The Labute approximate surface area is 182 Å². The number of rotatable bonds is 4. The summed E-state index contributed by atoms with van der Waals surface area (Å²) in [6, 6.07) is 7.30. The zero-order valence-corrected chi connectivity index (χ0v) is 18.3. The van der Waals surface area contributed by atoms with Crippen molar-refractivity contribution in [2.45, 2.75) is 13.8 Å². The monoisotopic (exact) mass is 444 g/mol. The molecule has 0 saturated carbocycles. The summed E-state index contributed by atoms with van der Waals surface area (Å²) in [6.07, 6.45) is 0. The van der Waals surface area contributed by atoms with Crippen LogP contribution in [0.25, 0.3) is 0 Å². The fraction of sp³-hybridized carbons (Fsp3) is 0.286. The quantitative estimate of drug-likeness (QED) is 0.656. The van der Waals surface area contributed by atoms with Crippen LogP contribution in [0.5, 0.6) is 0 Å². The van der Waals surface area contributed by atoms with E-state index in [2.05, 4.69) is 15.2 Å². The van der Waals surface area contributed by atoms with Crippen molar-refractivity contribution >= 4 is 44.6 Å². The van der Waals surface area contributed by atoms with Crippen LogP contribution in [0.1, 0.15) is 31.3 Å². The second-order valence-electron chi connectivity index (χ2n) is 7.14. The maximum Gasteiger partial charge on any atom is 0.264 e. The number of halogens is 1. The Morgan fingerprint density at radius 2 is 1.90 bits per heavy atom. The first kappa shape index (κ1) is 20.5. The first-order valence-electron chi connectivity index (χ1n) is 9.54. The highest BCUT2D eigenvalue weighted by atomic mass is 32.1. The summed E-state index contributed by atoms with van der Waals surface area (Å²) in [6.45, 7) is 6.57. The number of aryl methyl sites for hydroxylation is 2. The van der Waals surface area contributed by atoms with Gasteiger partial charge >= 0.3 is 0 Å². The molecule has 2 amide bonds. The molecule has 2 aromatic heterocycles. The Morgan fingerprint density at radius 3 is 2.57 bits per heavy atom. The third-order valence-electron chi connectivity index (χ3n) is 4.88. The topological polar surface area (TPSA) is 65.5 Å². The fourth-order valence-electron chi connectivity index (χ4n) is 3.30. The van der Waals surface area contributed by atoms with Gasteiger partial charge < -0.3 is 15.1 Å². The number of nitrogens with one attached hydrogen (secondary N) is 1. The molecule has 1 saturated heterocycles. The predicted octanol–water partition coefficient (Wildman–Crippen LogP) is 4.18. The van der Waals surface area contributed by atoms with Crippen LogP contribution in [-0.2, 0) is 0 Å². The molecule has 1 aliphatic heterocycles. The second kappa shape index (κ2) is 8.53. The highest BCUT2D eigenvalue weighted by Gasteiger charge is 2.26. The van der Waals surface area contributed by atoms with E-state index < -0.39 is 11.7 Å². The van der Waals surface area contributed by atoms with Crippen LogP contribution in [0.2, 0.25) is 0 Å². The Morgan fingerprint density at radius 1 is 1.13 bits per heavy atom. The second-order valence-corrected chi connectivity index (χ2v) is 9.03. The van der Waals surface area contributed by atoms with Crippen LogP contribution in [0.15, 0.2) is 35.7 Å². The van der Waals surface area contributed by atoms with Gasteiger partial charge in [-0.05, 0) is 43.7 Å². The Bertz CT molecular complexity index is 1090. The Kier molecular flexibility index (Phi) is 5.83. The fourth-order valence-corrected chi connectivity index (χ4v) is 5.19. The number of nitrogens with zero attached hydrogens (tertiary/aromatic N) is 3.